The molecule has 1 aliphatic heterocycles. The van der Waals surface area contributed by atoms with Gasteiger partial charge in [-0.3, -0.25) is 4.90 Å². The Kier molecular flexibility index (Phi) is 7.35. The van der Waals surface area contributed by atoms with Crippen molar-refractivity contribution in [3.63, 3.8) is 0 Å². The molecular formula is C27H33N3O3. The minimum Gasteiger partial charge on any atom is -0.495 e. The minimum atomic E-state index is -0.130. The minimum absolute atomic E-state index is 0.130. The lowest BCUT2D eigenvalue weighted by atomic mass is 10.0. The molecule has 174 valence electrons. The van der Waals surface area contributed by atoms with Gasteiger partial charge in [-0.15, -0.1) is 0 Å². The van der Waals surface area contributed by atoms with Gasteiger partial charge in [0.25, 0.3) is 0 Å². The molecule has 0 saturated carbocycles. The van der Waals surface area contributed by atoms with E-state index in [2.05, 4.69) is 34.5 Å². The smallest absolute Gasteiger partial charge is 0.322 e. The zero-order valence-electron chi connectivity index (χ0n) is 19.7. The summed E-state index contributed by atoms with van der Waals surface area (Å²) in [5.41, 5.74) is 3.07. The zero-order chi connectivity index (χ0) is 23.2. The number of ether oxygens (including phenoxy) is 1. The maximum Gasteiger partial charge on any atom is 0.322 e. The van der Waals surface area contributed by atoms with Gasteiger partial charge < -0.3 is 19.4 Å². The number of likely N-dealkylation sites (tertiary alicyclic amines) is 1. The first-order valence-electron chi connectivity index (χ1n) is 11.6. The van der Waals surface area contributed by atoms with Gasteiger partial charge in [-0.1, -0.05) is 36.4 Å². The van der Waals surface area contributed by atoms with E-state index in [0.29, 0.717) is 18.0 Å². The molecule has 0 atom stereocenters. The number of benzene rings is 2. The van der Waals surface area contributed by atoms with E-state index >= 15 is 0 Å². The number of hydrogen-bond acceptors (Lipinski definition) is 4. The van der Waals surface area contributed by atoms with Crippen LogP contribution in [0.5, 0.6) is 5.75 Å². The van der Waals surface area contributed by atoms with Crippen LogP contribution < -0.4 is 10.1 Å². The molecule has 0 aliphatic carbocycles. The molecule has 0 radical (unpaired) electrons. The zero-order valence-corrected chi connectivity index (χ0v) is 19.7. The Hall–Kier alpha value is -3.25. The second-order valence-corrected chi connectivity index (χ2v) is 8.77. The Balaban J connectivity index is 1.47. The summed E-state index contributed by atoms with van der Waals surface area (Å²) in [5.74, 6) is 2.30. The Morgan fingerprint density at radius 3 is 2.52 bits per heavy atom. The molecule has 2 aromatic carbocycles. The standard InChI is InChI=1S/C27H33N3O3/c1-20-9-12-26(32-3)25(17-20)28-27(31)30(19-24-11-10-21(2)33-24)23-13-15-29(16-14-23)18-22-7-5-4-6-8-22/h4-12,17,23H,13-16,18-19H2,1-3H3,(H,28,31). The number of carbonyl (C=O) groups excluding carboxylic acids is 1. The number of amides is 2. The number of anilines is 1. The van der Waals surface area contributed by atoms with E-state index in [4.69, 9.17) is 9.15 Å². The molecule has 0 unspecified atom stereocenters. The number of aryl methyl sites for hydroxylation is 2. The number of carbonyl (C=O) groups is 1. The molecular weight excluding hydrogens is 414 g/mol. The van der Waals surface area contributed by atoms with Crippen molar-refractivity contribution in [3.05, 3.63) is 83.3 Å². The summed E-state index contributed by atoms with van der Waals surface area (Å²) in [6.07, 6.45) is 1.84. The first-order valence-corrected chi connectivity index (χ1v) is 11.6. The Morgan fingerprint density at radius 1 is 1.09 bits per heavy atom. The van der Waals surface area contributed by atoms with Crippen LogP contribution in [0.2, 0.25) is 0 Å². The molecule has 0 spiro atoms. The molecule has 33 heavy (non-hydrogen) atoms. The summed E-state index contributed by atoms with van der Waals surface area (Å²) < 4.78 is 11.3. The van der Waals surface area contributed by atoms with Crippen molar-refractivity contribution in [2.45, 2.75) is 45.8 Å². The fourth-order valence-electron chi connectivity index (χ4n) is 4.44. The fraction of sp³-hybridized carbons (Fsp3) is 0.370. The summed E-state index contributed by atoms with van der Waals surface area (Å²) in [6, 6.07) is 20.2. The maximum atomic E-state index is 13.5. The number of nitrogens with zero attached hydrogens (tertiary/aromatic N) is 2. The lowest BCUT2D eigenvalue weighted by molar-refractivity contribution is 0.115. The van der Waals surface area contributed by atoms with E-state index in [1.54, 1.807) is 7.11 Å². The monoisotopic (exact) mass is 447 g/mol. The third kappa shape index (κ3) is 5.96. The molecule has 6 nitrogen and oxygen atoms in total. The molecule has 3 aromatic rings. The first-order chi connectivity index (χ1) is 16.0. The van der Waals surface area contributed by atoms with Crippen LogP contribution in [-0.2, 0) is 13.1 Å². The van der Waals surface area contributed by atoms with Crippen molar-refractivity contribution < 1.29 is 13.9 Å². The second-order valence-electron chi connectivity index (χ2n) is 8.77. The maximum absolute atomic E-state index is 13.5. The third-order valence-corrected chi connectivity index (χ3v) is 6.23. The number of nitrogens with one attached hydrogen (secondary N) is 1. The van der Waals surface area contributed by atoms with Crippen LogP contribution in [0.1, 0.15) is 35.5 Å². The van der Waals surface area contributed by atoms with Crippen molar-refractivity contribution in [3.8, 4) is 5.75 Å². The number of piperidine rings is 1. The quantitative estimate of drug-likeness (QED) is 0.512. The number of hydrogen-bond donors (Lipinski definition) is 1. The molecule has 2 heterocycles. The molecule has 1 N–H and O–H groups in total. The van der Waals surface area contributed by atoms with E-state index in [0.717, 1.165) is 49.6 Å². The van der Waals surface area contributed by atoms with Crippen LogP contribution in [0.15, 0.2) is 65.1 Å². The summed E-state index contributed by atoms with van der Waals surface area (Å²) in [6.45, 7) is 7.21. The molecule has 6 heteroatoms. The Bertz CT molecular complexity index is 1060. The van der Waals surface area contributed by atoms with Crippen LogP contribution in [0.25, 0.3) is 0 Å². The van der Waals surface area contributed by atoms with Gasteiger partial charge in [-0.05, 0) is 62.1 Å². The SMILES string of the molecule is COc1ccc(C)cc1NC(=O)N(Cc1ccc(C)o1)C1CCN(Cc2ccccc2)CC1. The van der Waals surface area contributed by atoms with E-state index in [1.807, 2.05) is 55.1 Å². The van der Waals surface area contributed by atoms with Crippen LogP contribution >= 0.6 is 0 Å². The van der Waals surface area contributed by atoms with E-state index < -0.39 is 0 Å². The topological polar surface area (TPSA) is 58.0 Å². The highest BCUT2D eigenvalue weighted by atomic mass is 16.5. The molecule has 2 amide bonds. The molecule has 4 rings (SSSR count). The number of methoxy groups -OCH3 is 1. The first kappa shape index (κ1) is 22.9. The highest BCUT2D eigenvalue weighted by Gasteiger charge is 2.29. The Morgan fingerprint density at radius 2 is 1.85 bits per heavy atom. The van der Waals surface area contributed by atoms with Gasteiger partial charge in [0, 0.05) is 25.7 Å². The van der Waals surface area contributed by atoms with Crippen molar-refractivity contribution in [2.24, 2.45) is 0 Å². The van der Waals surface area contributed by atoms with E-state index in [-0.39, 0.29) is 12.1 Å². The van der Waals surface area contributed by atoms with Crippen molar-refractivity contribution in [1.29, 1.82) is 0 Å². The van der Waals surface area contributed by atoms with Gasteiger partial charge in [0.05, 0.1) is 19.3 Å². The van der Waals surface area contributed by atoms with Crippen molar-refractivity contribution >= 4 is 11.7 Å². The van der Waals surface area contributed by atoms with Crippen molar-refractivity contribution in [2.75, 3.05) is 25.5 Å². The van der Waals surface area contributed by atoms with E-state index in [9.17, 15) is 4.79 Å². The number of furan rings is 1. The molecule has 1 fully saturated rings. The van der Waals surface area contributed by atoms with Gasteiger partial charge in [-0.25, -0.2) is 4.79 Å². The predicted octanol–water partition coefficient (Wildman–Crippen LogP) is 5.60. The molecule has 1 aromatic heterocycles. The van der Waals surface area contributed by atoms with Gasteiger partial charge in [0.2, 0.25) is 0 Å². The van der Waals surface area contributed by atoms with Crippen LogP contribution in [0, 0.1) is 13.8 Å². The average Bonchev–Trinajstić information content (AvgIpc) is 3.24. The predicted molar refractivity (Wildman–Crippen MR) is 130 cm³/mol. The molecule has 0 bridgehead atoms. The van der Waals surface area contributed by atoms with Gasteiger partial charge in [-0.2, -0.15) is 0 Å². The normalized spacial score (nSPS) is 14.8. The highest BCUT2D eigenvalue weighted by Crippen LogP contribution is 2.27. The lowest BCUT2D eigenvalue weighted by Gasteiger charge is -2.38. The number of rotatable bonds is 7. The van der Waals surface area contributed by atoms with Crippen LogP contribution in [0.3, 0.4) is 0 Å². The van der Waals surface area contributed by atoms with Gasteiger partial charge in [0.1, 0.15) is 17.3 Å². The Labute approximate surface area is 196 Å². The highest BCUT2D eigenvalue weighted by molar-refractivity contribution is 5.91. The summed E-state index contributed by atoms with van der Waals surface area (Å²) in [5, 5.41) is 3.08. The summed E-state index contributed by atoms with van der Waals surface area (Å²) in [4.78, 5) is 17.9. The number of urea groups is 1. The van der Waals surface area contributed by atoms with Crippen LogP contribution in [0.4, 0.5) is 10.5 Å². The summed E-state index contributed by atoms with van der Waals surface area (Å²) in [7, 11) is 1.62. The third-order valence-electron chi connectivity index (χ3n) is 6.23. The van der Waals surface area contributed by atoms with Crippen molar-refractivity contribution in [1.82, 2.24) is 9.80 Å². The second kappa shape index (κ2) is 10.6. The summed E-state index contributed by atoms with van der Waals surface area (Å²) >= 11 is 0. The van der Waals surface area contributed by atoms with E-state index in [1.165, 1.54) is 5.56 Å². The van der Waals surface area contributed by atoms with Crippen LogP contribution in [-0.4, -0.2) is 42.1 Å². The van der Waals surface area contributed by atoms with Gasteiger partial charge in [0.15, 0.2) is 0 Å². The fourth-order valence-corrected chi connectivity index (χ4v) is 4.44. The lowest BCUT2D eigenvalue weighted by Crippen LogP contribution is -2.48. The largest absolute Gasteiger partial charge is 0.495 e. The van der Waals surface area contributed by atoms with Gasteiger partial charge >= 0.3 is 6.03 Å². The molecule has 1 aliphatic rings. The molecule has 1 saturated heterocycles. The average molecular weight is 448 g/mol.